The molecule has 1 aromatic heterocycles. The number of Topliss-reactive ketones (excluding diaryl/α,β-unsaturated/α-hetero) is 1. The van der Waals surface area contributed by atoms with Gasteiger partial charge in [-0.1, -0.05) is 11.6 Å². The SMILES string of the molecule is O=C(CCc1c[nH]cn1)c1ccc(Cl)cc1. The van der Waals surface area contributed by atoms with Gasteiger partial charge in [-0.05, 0) is 30.7 Å². The minimum Gasteiger partial charge on any atom is -0.351 e. The van der Waals surface area contributed by atoms with E-state index in [9.17, 15) is 4.79 Å². The number of benzene rings is 1. The van der Waals surface area contributed by atoms with Gasteiger partial charge in [-0.25, -0.2) is 4.98 Å². The van der Waals surface area contributed by atoms with Crippen LogP contribution in [0.5, 0.6) is 0 Å². The number of rotatable bonds is 4. The second kappa shape index (κ2) is 4.94. The summed E-state index contributed by atoms with van der Waals surface area (Å²) in [7, 11) is 0. The average Bonchev–Trinajstić information content (AvgIpc) is 2.80. The van der Waals surface area contributed by atoms with Gasteiger partial charge in [0.15, 0.2) is 5.78 Å². The van der Waals surface area contributed by atoms with Crippen molar-refractivity contribution < 1.29 is 4.79 Å². The number of H-pyrrole nitrogens is 1. The summed E-state index contributed by atoms with van der Waals surface area (Å²) in [6, 6.07) is 6.94. The van der Waals surface area contributed by atoms with Gasteiger partial charge < -0.3 is 4.98 Å². The average molecular weight is 235 g/mol. The second-order valence-electron chi connectivity index (χ2n) is 3.49. The molecule has 0 unspecified atom stereocenters. The summed E-state index contributed by atoms with van der Waals surface area (Å²) >= 11 is 5.75. The number of hydrogen-bond donors (Lipinski definition) is 1. The Morgan fingerprint density at radius 3 is 2.69 bits per heavy atom. The Balaban J connectivity index is 1.95. The summed E-state index contributed by atoms with van der Waals surface area (Å²) in [4.78, 5) is 18.7. The molecule has 0 saturated carbocycles. The lowest BCUT2D eigenvalue weighted by Gasteiger charge is -1.99. The van der Waals surface area contributed by atoms with Crippen LogP contribution in [0.1, 0.15) is 22.5 Å². The van der Waals surface area contributed by atoms with Crippen molar-refractivity contribution in [1.29, 1.82) is 0 Å². The Hall–Kier alpha value is -1.61. The molecule has 0 atom stereocenters. The molecule has 0 amide bonds. The lowest BCUT2D eigenvalue weighted by molar-refractivity contribution is 0.0982. The van der Waals surface area contributed by atoms with Crippen molar-refractivity contribution in [2.75, 3.05) is 0 Å². The van der Waals surface area contributed by atoms with Crippen LogP contribution in [-0.4, -0.2) is 15.8 Å². The van der Waals surface area contributed by atoms with Gasteiger partial charge in [-0.3, -0.25) is 4.79 Å². The van der Waals surface area contributed by atoms with Crippen LogP contribution in [0.25, 0.3) is 0 Å². The van der Waals surface area contributed by atoms with E-state index in [2.05, 4.69) is 9.97 Å². The summed E-state index contributed by atoms with van der Waals surface area (Å²) in [6.45, 7) is 0. The first-order chi connectivity index (χ1) is 7.75. The van der Waals surface area contributed by atoms with E-state index in [4.69, 9.17) is 11.6 Å². The molecule has 3 nitrogen and oxygen atoms in total. The summed E-state index contributed by atoms with van der Waals surface area (Å²) in [5, 5.41) is 0.642. The number of carbonyl (C=O) groups is 1. The summed E-state index contributed by atoms with van der Waals surface area (Å²) in [6.07, 6.45) is 4.54. The number of imidazole rings is 1. The first kappa shape index (κ1) is 10.9. The lowest BCUT2D eigenvalue weighted by atomic mass is 10.1. The van der Waals surface area contributed by atoms with Gasteiger partial charge in [0.1, 0.15) is 0 Å². The van der Waals surface area contributed by atoms with Crippen LogP contribution in [0, 0.1) is 0 Å². The van der Waals surface area contributed by atoms with E-state index in [-0.39, 0.29) is 5.78 Å². The highest BCUT2D eigenvalue weighted by Crippen LogP contribution is 2.12. The third kappa shape index (κ3) is 2.70. The van der Waals surface area contributed by atoms with Crippen LogP contribution in [-0.2, 0) is 6.42 Å². The predicted octanol–water partition coefficient (Wildman–Crippen LogP) is 2.88. The molecule has 0 spiro atoms. The van der Waals surface area contributed by atoms with Crippen molar-refractivity contribution in [3.8, 4) is 0 Å². The van der Waals surface area contributed by atoms with Crippen molar-refractivity contribution in [2.24, 2.45) is 0 Å². The molecule has 0 aliphatic carbocycles. The van der Waals surface area contributed by atoms with E-state index in [0.29, 0.717) is 23.4 Å². The van der Waals surface area contributed by atoms with Gasteiger partial charge in [0.05, 0.1) is 12.0 Å². The Labute approximate surface area is 98.5 Å². The molecule has 0 fully saturated rings. The van der Waals surface area contributed by atoms with Crippen molar-refractivity contribution in [1.82, 2.24) is 9.97 Å². The van der Waals surface area contributed by atoms with Gasteiger partial charge in [-0.15, -0.1) is 0 Å². The molecule has 2 rings (SSSR count). The monoisotopic (exact) mass is 234 g/mol. The summed E-state index contributed by atoms with van der Waals surface area (Å²) in [5.74, 6) is 0.111. The Morgan fingerprint density at radius 1 is 1.31 bits per heavy atom. The molecule has 1 aromatic carbocycles. The van der Waals surface area contributed by atoms with E-state index in [1.54, 1.807) is 36.8 Å². The number of carbonyl (C=O) groups excluding carboxylic acids is 1. The summed E-state index contributed by atoms with van der Waals surface area (Å²) in [5.41, 5.74) is 1.60. The van der Waals surface area contributed by atoms with Gasteiger partial charge >= 0.3 is 0 Å². The first-order valence-corrected chi connectivity index (χ1v) is 5.40. The number of aromatic nitrogens is 2. The van der Waals surface area contributed by atoms with Crippen molar-refractivity contribution in [3.63, 3.8) is 0 Å². The molecular weight excluding hydrogens is 224 g/mol. The predicted molar refractivity (Wildman–Crippen MR) is 62.7 cm³/mol. The van der Waals surface area contributed by atoms with E-state index >= 15 is 0 Å². The van der Waals surface area contributed by atoms with E-state index < -0.39 is 0 Å². The highest BCUT2D eigenvalue weighted by Gasteiger charge is 2.06. The molecule has 82 valence electrons. The minimum absolute atomic E-state index is 0.111. The molecule has 16 heavy (non-hydrogen) atoms. The Kier molecular flexibility index (Phi) is 3.37. The topological polar surface area (TPSA) is 45.8 Å². The van der Waals surface area contributed by atoms with Gasteiger partial charge in [-0.2, -0.15) is 0 Å². The summed E-state index contributed by atoms with van der Waals surface area (Å²) < 4.78 is 0. The number of nitrogens with zero attached hydrogens (tertiary/aromatic N) is 1. The smallest absolute Gasteiger partial charge is 0.163 e. The second-order valence-corrected chi connectivity index (χ2v) is 3.93. The number of halogens is 1. The maximum absolute atomic E-state index is 11.8. The zero-order valence-corrected chi connectivity index (χ0v) is 9.37. The zero-order valence-electron chi connectivity index (χ0n) is 8.61. The van der Waals surface area contributed by atoms with E-state index in [1.807, 2.05) is 0 Å². The van der Waals surface area contributed by atoms with Crippen LogP contribution < -0.4 is 0 Å². The normalized spacial score (nSPS) is 10.3. The van der Waals surface area contributed by atoms with E-state index in [1.165, 1.54) is 0 Å². The highest BCUT2D eigenvalue weighted by molar-refractivity contribution is 6.30. The van der Waals surface area contributed by atoms with Crippen LogP contribution in [0.2, 0.25) is 5.02 Å². The quantitative estimate of drug-likeness (QED) is 0.827. The molecule has 0 bridgehead atoms. The van der Waals surface area contributed by atoms with Crippen LogP contribution in [0.3, 0.4) is 0 Å². The lowest BCUT2D eigenvalue weighted by Crippen LogP contribution is -2.01. The number of aryl methyl sites for hydroxylation is 1. The third-order valence-electron chi connectivity index (χ3n) is 2.33. The fourth-order valence-electron chi connectivity index (χ4n) is 1.45. The molecular formula is C12H11ClN2O. The molecule has 4 heteroatoms. The van der Waals surface area contributed by atoms with Gasteiger partial charge in [0.25, 0.3) is 0 Å². The zero-order chi connectivity index (χ0) is 11.4. The number of nitrogens with one attached hydrogen (secondary N) is 1. The van der Waals surface area contributed by atoms with Gasteiger partial charge in [0.2, 0.25) is 0 Å². The number of hydrogen-bond acceptors (Lipinski definition) is 2. The fourth-order valence-corrected chi connectivity index (χ4v) is 1.58. The highest BCUT2D eigenvalue weighted by atomic mass is 35.5. The molecule has 0 radical (unpaired) electrons. The van der Waals surface area contributed by atoms with Gasteiger partial charge in [0, 0.05) is 23.2 Å². The molecule has 0 aliphatic rings. The van der Waals surface area contributed by atoms with Crippen molar-refractivity contribution in [2.45, 2.75) is 12.8 Å². The minimum atomic E-state index is 0.111. The van der Waals surface area contributed by atoms with Crippen LogP contribution >= 0.6 is 11.6 Å². The van der Waals surface area contributed by atoms with Crippen LogP contribution in [0.15, 0.2) is 36.8 Å². The van der Waals surface area contributed by atoms with Crippen LogP contribution in [0.4, 0.5) is 0 Å². The fraction of sp³-hybridized carbons (Fsp3) is 0.167. The van der Waals surface area contributed by atoms with E-state index in [0.717, 1.165) is 5.69 Å². The molecule has 1 N–H and O–H groups in total. The maximum atomic E-state index is 11.8. The maximum Gasteiger partial charge on any atom is 0.163 e. The largest absolute Gasteiger partial charge is 0.351 e. The standard InChI is InChI=1S/C12H11ClN2O/c13-10-3-1-9(2-4-10)12(16)6-5-11-7-14-8-15-11/h1-4,7-8H,5-6H2,(H,14,15). The Bertz CT molecular complexity index is 462. The first-order valence-electron chi connectivity index (χ1n) is 5.02. The van der Waals surface area contributed by atoms with Crippen molar-refractivity contribution >= 4 is 17.4 Å². The molecule has 0 aliphatic heterocycles. The Morgan fingerprint density at radius 2 is 2.06 bits per heavy atom. The number of aromatic amines is 1. The third-order valence-corrected chi connectivity index (χ3v) is 2.58. The molecule has 1 heterocycles. The van der Waals surface area contributed by atoms with Crippen molar-refractivity contribution in [3.05, 3.63) is 53.1 Å². The molecule has 2 aromatic rings. The molecule has 0 saturated heterocycles. The number of ketones is 1.